The lowest BCUT2D eigenvalue weighted by molar-refractivity contribution is -0.147. The number of piperidine rings is 1. The van der Waals surface area contributed by atoms with Crippen molar-refractivity contribution in [1.82, 2.24) is 15.1 Å². The molecule has 11 heteroatoms. The van der Waals surface area contributed by atoms with Crippen LogP contribution in [0.2, 0.25) is 0 Å². The predicted octanol–water partition coefficient (Wildman–Crippen LogP) is 5.44. The van der Waals surface area contributed by atoms with Crippen molar-refractivity contribution in [2.24, 2.45) is 0 Å². The minimum absolute atomic E-state index is 0.0347. The molecule has 1 aliphatic rings. The van der Waals surface area contributed by atoms with Crippen LogP contribution < -0.4 is 4.74 Å². The third-order valence-electron chi connectivity index (χ3n) is 5.73. The van der Waals surface area contributed by atoms with Gasteiger partial charge in [0, 0.05) is 12.1 Å². The van der Waals surface area contributed by atoms with E-state index in [0.717, 1.165) is 17.7 Å². The molecular weight excluding hydrogens is 491 g/mol. The van der Waals surface area contributed by atoms with E-state index in [9.17, 15) is 22.8 Å². The molecule has 0 N–H and O–H groups in total. The highest BCUT2D eigenvalue weighted by Crippen LogP contribution is 2.37. The van der Waals surface area contributed by atoms with Crippen molar-refractivity contribution in [2.75, 3.05) is 20.8 Å². The average Bonchev–Trinajstić information content (AvgIpc) is 2.81. The number of hydrogen-bond acceptors (Lipinski definition) is 7. The molecule has 1 aliphatic heterocycles. The van der Waals surface area contributed by atoms with E-state index >= 15 is 0 Å². The predicted molar refractivity (Wildman–Crippen MR) is 130 cm³/mol. The molecule has 2 heterocycles. The van der Waals surface area contributed by atoms with Gasteiger partial charge >= 0.3 is 18.2 Å². The summed E-state index contributed by atoms with van der Waals surface area (Å²) in [5.74, 6) is -0.483. The van der Waals surface area contributed by atoms with Gasteiger partial charge in [0.1, 0.15) is 17.4 Å². The molecule has 0 saturated carbocycles. The van der Waals surface area contributed by atoms with Gasteiger partial charge in [-0.3, -0.25) is 4.90 Å². The maximum Gasteiger partial charge on any atom is 0.416 e. The van der Waals surface area contributed by atoms with E-state index in [1.54, 1.807) is 39.8 Å². The lowest BCUT2D eigenvalue weighted by Gasteiger charge is -2.36. The Morgan fingerprint density at radius 3 is 2.38 bits per heavy atom. The summed E-state index contributed by atoms with van der Waals surface area (Å²) in [4.78, 5) is 26.4. The van der Waals surface area contributed by atoms with Crippen LogP contribution in [0, 0.1) is 6.92 Å². The molecule has 0 aliphatic carbocycles. The van der Waals surface area contributed by atoms with Crippen LogP contribution >= 0.6 is 0 Å². The van der Waals surface area contributed by atoms with Crippen molar-refractivity contribution < 1.29 is 37.0 Å². The number of likely N-dealkylation sites (tertiary alicyclic amines) is 1. The van der Waals surface area contributed by atoms with Crippen LogP contribution in [0.5, 0.6) is 5.75 Å². The van der Waals surface area contributed by atoms with Gasteiger partial charge in [-0.1, -0.05) is 0 Å². The summed E-state index contributed by atoms with van der Waals surface area (Å²) in [6.45, 7) is 7.13. The molecular formula is C26H30F3N3O5. The monoisotopic (exact) mass is 521 g/mol. The van der Waals surface area contributed by atoms with Crippen molar-refractivity contribution in [3.63, 3.8) is 0 Å². The zero-order valence-electron chi connectivity index (χ0n) is 21.6. The van der Waals surface area contributed by atoms with Gasteiger partial charge < -0.3 is 14.2 Å². The largest absolute Gasteiger partial charge is 0.496 e. The first kappa shape index (κ1) is 27.9. The first-order valence-electron chi connectivity index (χ1n) is 11.6. The number of methoxy groups -OCH3 is 2. The highest BCUT2D eigenvalue weighted by molar-refractivity contribution is 5.82. The van der Waals surface area contributed by atoms with E-state index in [-0.39, 0.29) is 12.3 Å². The molecule has 37 heavy (non-hydrogen) atoms. The maximum absolute atomic E-state index is 13.1. The molecule has 1 unspecified atom stereocenters. The highest BCUT2D eigenvalue weighted by Gasteiger charge is 2.37. The molecule has 1 atom stereocenters. The summed E-state index contributed by atoms with van der Waals surface area (Å²) in [5, 5.41) is 8.46. The Bertz CT molecular complexity index is 1200. The van der Waals surface area contributed by atoms with Crippen LogP contribution in [0.1, 0.15) is 50.4 Å². The average molecular weight is 522 g/mol. The van der Waals surface area contributed by atoms with Gasteiger partial charge in [-0.25, -0.2) is 9.59 Å². The van der Waals surface area contributed by atoms with Gasteiger partial charge in [0.15, 0.2) is 0 Å². The molecule has 0 radical (unpaired) electrons. The Labute approximate surface area is 213 Å². The van der Waals surface area contributed by atoms with Crippen molar-refractivity contribution in [1.29, 1.82) is 0 Å². The van der Waals surface area contributed by atoms with Gasteiger partial charge in [0.2, 0.25) is 0 Å². The highest BCUT2D eigenvalue weighted by atomic mass is 19.4. The van der Waals surface area contributed by atoms with Crippen molar-refractivity contribution in [3.8, 4) is 17.0 Å². The lowest BCUT2D eigenvalue weighted by atomic mass is 9.96. The normalized spacial score (nSPS) is 17.5. The van der Waals surface area contributed by atoms with Crippen molar-refractivity contribution in [2.45, 2.75) is 58.4 Å². The molecule has 1 saturated heterocycles. The number of nitrogens with zero attached hydrogens (tertiary/aromatic N) is 3. The summed E-state index contributed by atoms with van der Waals surface area (Å²) in [7, 11) is 2.56. The van der Waals surface area contributed by atoms with Crippen LogP contribution in [0.4, 0.5) is 18.0 Å². The SMILES string of the molecule is COC(=O)C1CC/C(=C\c2cc(C)c(-c3ccc(C(F)(F)F)cc3OC)nn2)CN1C(=O)OC(C)(C)C. The van der Waals surface area contributed by atoms with Crippen LogP contribution in [-0.2, 0) is 20.4 Å². The van der Waals surface area contributed by atoms with E-state index in [4.69, 9.17) is 14.2 Å². The van der Waals surface area contributed by atoms with Gasteiger partial charge in [-0.05, 0) is 82.0 Å². The number of rotatable bonds is 4. The third kappa shape index (κ3) is 6.78. The Balaban J connectivity index is 1.89. The number of carbonyl (C=O) groups is 2. The number of benzene rings is 1. The Morgan fingerprint density at radius 1 is 1.11 bits per heavy atom. The number of ether oxygens (including phenoxy) is 3. The smallest absolute Gasteiger partial charge is 0.416 e. The van der Waals surface area contributed by atoms with E-state index in [2.05, 4.69) is 10.2 Å². The number of hydrogen-bond donors (Lipinski definition) is 0. The molecule has 1 aromatic heterocycles. The lowest BCUT2D eigenvalue weighted by Crippen LogP contribution is -2.50. The quantitative estimate of drug-likeness (QED) is 0.495. The molecule has 1 aromatic carbocycles. The number of alkyl halides is 3. The molecule has 0 bridgehead atoms. The number of aryl methyl sites for hydroxylation is 1. The minimum Gasteiger partial charge on any atom is -0.496 e. The van der Waals surface area contributed by atoms with E-state index in [1.165, 1.54) is 25.2 Å². The van der Waals surface area contributed by atoms with Crippen LogP contribution in [0.15, 0.2) is 29.8 Å². The number of carbonyl (C=O) groups excluding carboxylic acids is 2. The zero-order valence-corrected chi connectivity index (χ0v) is 21.6. The molecule has 200 valence electrons. The molecule has 8 nitrogen and oxygen atoms in total. The standard InChI is InChI=1S/C26H30F3N3O5/c1-15-11-18(30-31-22(15)19-9-8-17(26(27,28)29)13-21(19)35-5)12-16-7-10-20(23(33)36-6)32(14-16)24(34)37-25(2,3)4/h8-9,11-13,20H,7,10,14H2,1-6H3/b16-12+. The second-order valence-corrected chi connectivity index (χ2v) is 9.70. The topological polar surface area (TPSA) is 90.9 Å². The summed E-state index contributed by atoms with van der Waals surface area (Å²) in [6.07, 6.45) is -2.47. The van der Waals surface area contributed by atoms with Crippen molar-refractivity contribution >= 4 is 18.1 Å². The van der Waals surface area contributed by atoms with E-state index in [1.807, 2.05) is 0 Å². The molecule has 1 fully saturated rings. The maximum atomic E-state index is 13.1. The second kappa shape index (κ2) is 10.8. The number of amides is 1. The van der Waals surface area contributed by atoms with Gasteiger partial charge in [0.25, 0.3) is 0 Å². The molecule has 3 rings (SSSR count). The van der Waals surface area contributed by atoms with Gasteiger partial charge in [0.05, 0.1) is 31.2 Å². The molecule has 2 aromatic rings. The fourth-order valence-electron chi connectivity index (χ4n) is 4.01. The summed E-state index contributed by atoms with van der Waals surface area (Å²) in [5.41, 5.74) is 1.22. The zero-order chi connectivity index (χ0) is 27.5. The minimum atomic E-state index is -4.50. The molecule has 1 amide bonds. The van der Waals surface area contributed by atoms with Crippen LogP contribution in [-0.4, -0.2) is 59.6 Å². The first-order chi connectivity index (χ1) is 17.2. The van der Waals surface area contributed by atoms with Crippen LogP contribution in [0.25, 0.3) is 17.3 Å². The summed E-state index contributed by atoms with van der Waals surface area (Å²) >= 11 is 0. The van der Waals surface area contributed by atoms with Gasteiger partial charge in [-0.15, -0.1) is 5.10 Å². The van der Waals surface area contributed by atoms with Crippen molar-refractivity contribution in [3.05, 3.63) is 46.7 Å². The second-order valence-electron chi connectivity index (χ2n) is 9.70. The van der Waals surface area contributed by atoms with E-state index < -0.39 is 35.4 Å². The number of halogens is 3. The Hall–Kier alpha value is -3.63. The summed E-state index contributed by atoms with van der Waals surface area (Å²) in [6, 6.07) is 4.19. The number of esters is 1. The Morgan fingerprint density at radius 2 is 1.81 bits per heavy atom. The first-order valence-corrected chi connectivity index (χ1v) is 11.6. The van der Waals surface area contributed by atoms with E-state index in [0.29, 0.717) is 35.4 Å². The van der Waals surface area contributed by atoms with Gasteiger partial charge in [-0.2, -0.15) is 18.3 Å². The van der Waals surface area contributed by atoms with Crippen LogP contribution in [0.3, 0.4) is 0 Å². The third-order valence-corrected chi connectivity index (χ3v) is 5.73. The number of aromatic nitrogens is 2. The summed E-state index contributed by atoms with van der Waals surface area (Å²) < 4.78 is 54.8. The fraction of sp³-hybridized carbons (Fsp3) is 0.462. The molecule has 0 spiro atoms. The Kier molecular flexibility index (Phi) is 8.14. The fourth-order valence-corrected chi connectivity index (χ4v) is 4.01.